The monoisotopic (exact) mass is 315 g/mol. The number of rotatable bonds is 9. The van der Waals surface area contributed by atoms with Gasteiger partial charge in [-0.2, -0.15) is 0 Å². The predicted molar refractivity (Wildman–Crippen MR) is 93.3 cm³/mol. The first kappa shape index (κ1) is 17.5. The number of ether oxygens (including phenoxy) is 1. The summed E-state index contributed by atoms with van der Waals surface area (Å²) in [7, 11) is 0. The van der Waals surface area contributed by atoms with Gasteiger partial charge >= 0.3 is 0 Å². The fourth-order valence-electron chi connectivity index (χ4n) is 2.49. The van der Waals surface area contributed by atoms with Gasteiger partial charge in [0.1, 0.15) is 0 Å². The van der Waals surface area contributed by atoms with E-state index in [4.69, 9.17) is 4.74 Å². The molecule has 0 unspecified atom stereocenters. The summed E-state index contributed by atoms with van der Waals surface area (Å²) in [6, 6.07) is 9.09. The van der Waals surface area contributed by atoms with Crippen molar-refractivity contribution in [2.45, 2.75) is 52.4 Å². The maximum atomic E-state index is 14.0. The number of halogens is 1. The summed E-state index contributed by atoms with van der Waals surface area (Å²) in [5, 5.41) is 0. The van der Waals surface area contributed by atoms with E-state index in [9.17, 15) is 4.39 Å². The van der Waals surface area contributed by atoms with Crippen LogP contribution >= 0.6 is 0 Å². The average Bonchev–Trinajstić information content (AvgIpc) is 2.58. The lowest BCUT2D eigenvalue weighted by atomic mass is 10.1. The Morgan fingerprint density at radius 3 is 2.52 bits per heavy atom. The zero-order chi connectivity index (χ0) is 16.5. The number of aromatic nitrogens is 1. The van der Waals surface area contributed by atoms with Gasteiger partial charge in [-0.1, -0.05) is 39.2 Å². The SMILES string of the molecule is CCCCCCc1ccc(-c2ccc(OCCC)c(F)c2)nc1. The lowest BCUT2D eigenvalue weighted by Gasteiger charge is -2.08. The third kappa shape index (κ3) is 5.34. The van der Waals surface area contributed by atoms with E-state index >= 15 is 0 Å². The summed E-state index contributed by atoms with van der Waals surface area (Å²) >= 11 is 0. The van der Waals surface area contributed by atoms with E-state index in [0.29, 0.717) is 12.4 Å². The second-order valence-electron chi connectivity index (χ2n) is 5.86. The number of unbranched alkanes of at least 4 members (excludes halogenated alkanes) is 3. The summed E-state index contributed by atoms with van der Waals surface area (Å²) in [5.74, 6) is -0.0236. The van der Waals surface area contributed by atoms with Crippen molar-refractivity contribution in [2.75, 3.05) is 6.61 Å². The van der Waals surface area contributed by atoms with E-state index in [-0.39, 0.29) is 5.82 Å². The molecule has 1 heterocycles. The summed E-state index contributed by atoms with van der Waals surface area (Å²) in [6.45, 7) is 4.75. The van der Waals surface area contributed by atoms with Crippen LogP contribution < -0.4 is 4.74 Å². The van der Waals surface area contributed by atoms with Crippen LogP contribution in [0.3, 0.4) is 0 Å². The predicted octanol–water partition coefficient (Wildman–Crippen LogP) is 5.80. The zero-order valence-electron chi connectivity index (χ0n) is 14.1. The van der Waals surface area contributed by atoms with Gasteiger partial charge in [0.2, 0.25) is 0 Å². The van der Waals surface area contributed by atoms with Crippen LogP contribution in [0.4, 0.5) is 4.39 Å². The Hall–Kier alpha value is -1.90. The molecule has 1 aromatic heterocycles. The van der Waals surface area contributed by atoms with Gasteiger partial charge < -0.3 is 4.74 Å². The molecule has 0 radical (unpaired) electrons. The highest BCUT2D eigenvalue weighted by Gasteiger charge is 2.07. The van der Waals surface area contributed by atoms with Crippen LogP contribution in [0.2, 0.25) is 0 Å². The fourth-order valence-corrected chi connectivity index (χ4v) is 2.49. The van der Waals surface area contributed by atoms with Crippen molar-refractivity contribution in [3.8, 4) is 17.0 Å². The molecule has 0 atom stereocenters. The first-order chi connectivity index (χ1) is 11.2. The molecular formula is C20H26FNO. The minimum absolute atomic E-state index is 0.308. The van der Waals surface area contributed by atoms with Crippen LogP contribution in [-0.4, -0.2) is 11.6 Å². The number of pyridine rings is 1. The molecule has 0 fully saturated rings. The molecule has 0 bridgehead atoms. The Morgan fingerprint density at radius 1 is 1.00 bits per heavy atom. The van der Waals surface area contributed by atoms with Gasteiger partial charge in [0.25, 0.3) is 0 Å². The summed E-state index contributed by atoms with van der Waals surface area (Å²) in [4.78, 5) is 4.47. The molecule has 1 aromatic carbocycles. The number of hydrogen-bond donors (Lipinski definition) is 0. The number of hydrogen-bond acceptors (Lipinski definition) is 2. The van der Waals surface area contributed by atoms with Crippen LogP contribution in [0.25, 0.3) is 11.3 Å². The molecule has 23 heavy (non-hydrogen) atoms. The van der Waals surface area contributed by atoms with Crippen LogP contribution in [0.15, 0.2) is 36.5 Å². The van der Waals surface area contributed by atoms with Crippen molar-refractivity contribution in [1.29, 1.82) is 0 Å². The van der Waals surface area contributed by atoms with Gasteiger partial charge in [-0.3, -0.25) is 4.98 Å². The third-order valence-electron chi connectivity index (χ3n) is 3.83. The fraction of sp³-hybridized carbons (Fsp3) is 0.450. The number of benzene rings is 1. The quantitative estimate of drug-likeness (QED) is 0.546. The van der Waals surface area contributed by atoms with E-state index in [1.807, 2.05) is 25.3 Å². The van der Waals surface area contributed by atoms with E-state index < -0.39 is 0 Å². The second kappa shape index (κ2) is 9.29. The molecule has 0 aliphatic heterocycles. The number of nitrogens with zero attached hydrogens (tertiary/aromatic N) is 1. The molecule has 2 rings (SSSR count). The molecule has 2 nitrogen and oxygen atoms in total. The van der Waals surface area contributed by atoms with Gasteiger partial charge in [-0.15, -0.1) is 0 Å². The third-order valence-corrected chi connectivity index (χ3v) is 3.83. The lowest BCUT2D eigenvalue weighted by Crippen LogP contribution is -1.97. The molecule has 0 aliphatic rings. The first-order valence-electron chi connectivity index (χ1n) is 8.62. The number of aryl methyl sites for hydroxylation is 1. The van der Waals surface area contributed by atoms with Crippen LogP contribution in [-0.2, 0) is 6.42 Å². The first-order valence-corrected chi connectivity index (χ1v) is 8.62. The molecule has 0 aliphatic carbocycles. The molecule has 124 valence electrons. The highest BCUT2D eigenvalue weighted by atomic mass is 19.1. The minimum atomic E-state index is -0.332. The van der Waals surface area contributed by atoms with Crippen molar-refractivity contribution in [3.05, 3.63) is 47.9 Å². The molecule has 0 spiro atoms. The molecule has 2 aromatic rings. The Kier molecular flexibility index (Phi) is 7.05. The summed E-state index contributed by atoms with van der Waals surface area (Å²) in [6.07, 6.45) is 8.84. The summed E-state index contributed by atoms with van der Waals surface area (Å²) < 4.78 is 19.4. The normalized spacial score (nSPS) is 10.7. The maximum absolute atomic E-state index is 14.0. The van der Waals surface area contributed by atoms with Crippen molar-refractivity contribution < 1.29 is 9.13 Å². The van der Waals surface area contributed by atoms with Crippen LogP contribution in [0, 0.1) is 5.82 Å². The smallest absolute Gasteiger partial charge is 0.165 e. The van der Waals surface area contributed by atoms with Gasteiger partial charge in [0.05, 0.1) is 12.3 Å². The second-order valence-corrected chi connectivity index (χ2v) is 5.86. The van der Waals surface area contributed by atoms with Gasteiger partial charge in [0, 0.05) is 11.8 Å². The highest BCUT2D eigenvalue weighted by molar-refractivity contribution is 5.60. The topological polar surface area (TPSA) is 22.1 Å². The zero-order valence-corrected chi connectivity index (χ0v) is 14.1. The van der Waals surface area contributed by atoms with Crippen molar-refractivity contribution in [1.82, 2.24) is 4.98 Å². The van der Waals surface area contributed by atoms with Gasteiger partial charge in [-0.05, 0) is 49.1 Å². The van der Waals surface area contributed by atoms with Crippen molar-refractivity contribution in [2.24, 2.45) is 0 Å². The largest absolute Gasteiger partial charge is 0.491 e. The molecule has 0 N–H and O–H groups in total. The Balaban J connectivity index is 2.00. The van der Waals surface area contributed by atoms with Crippen molar-refractivity contribution in [3.63, 3.8) is 0 Å². The standard InChI is InChI=1S/C20H26FNO/c1-3-5-6-7-8-16-9-11-19(22-15-16)17-10-12-20(18(21)14-17)23-13-4-2/h9-12,14-15H,3-8,13H2,1-2H3. The molecule has 0 amide bonds. The molecule has 3 heteroatoms. The van der Waals surface area contributed by atoms with E-state index in [1.165, 1.54) is 37.3 Å². The Morgan fingerprint density at radius 2 is 1.87 bits per heavy atom. The van der Waals surface area contributed by atoms with Gasteiger partial charge in [0.15, 0.2) is 11.6 Å². The van der Waals surface area contributed by atoms with Gasteiger partial charge in [-0.25, -0.2) is 4.39 Å². The lowest BCUT2D eigenvalue weighted by molar-refractivity contribution is 0.301. The average molecular weight is 315 g/mol. The van der Waals surface area contributed by atoms with Crippen LogP contribution in [0.1, 0.15) is 51.5 Å². The van der Waals surface area contributed by atoms with E-state index in [0.717, 1.165) is 24.1 Å². The van der Waals surface area contributed by atoms with E-state index in [2.05, 4.69) is 18.0 Å². The Labute approximate surface area is 138 Å². The molecule has 0 saturated carbocycles. The van der Waals surface area contributed by atoms with Crippen molar-refractivity contribution >= 4 is 0 Å². The van der Waals surface area contributed by atoms with E-state index in [1.54, 1.807) is 6.07 Å². The maximum Gasteiger partial charge on any atom is 0.165 e. The minimum Gasteiger partial charge on any atom is -0.491 e. The molecule has 0 saturated heterocycles. The summed E-state index contributed by atoms with van der Waals surface area (Å²) in [5.41, 5.74) is 2.82. The highest BCUT2D eigenvalue weighted by Crippen LogP contribution is 2.25. The molecular weight excluding hydrogens is 289 g/mol. The Bertz CT molecular complexity index is 595. The van der Waals surface area contributed by atoms with Crippen LogP contribution in [0.5, 0.6) is 5.75 Å².